The number of rotatable bonds is 3. The maximum atomic E-state index is 11.3. The second kappa shape index (κ2) is 3.77. The third-order valence-corrected chi connectivity index (χ3v) is 0.623. The fourth-order valence-corrected chi connectivity index (χ4v) is 0.264. The summed E-state index contributed by atoms with van der Waals surface area (Å²) in [6.45, 7) is 0. The van der Waals surface area contributed by atoms with Crippen LogP contribution in [0.25, 0.3) is 0 Å². The number of hydrogen-bond acceptors (Lipinski definition) is 1. The average molecular weight is 126 g/mol. The Morgan fingerprint density at radius 3 is 2.12 bits per heavy atom. The molecule has 0 aromatic heterocycles. The van der Waals surface area contributed by atoms with E-state index in [1.807, 2.05) is 0 Å². The van der Waals surface area contributed by atoms with Crippen LogP contribution in [-0.4, -0.2) is 18.7 Å². The zero-order valence-corrected chi connectivity index (χ0v) is 4.15. The molecule has 0 spiro atoms. The van der Waals surface area contributed by atoms with Crippen molar-refractivity contribution < 1.29 is 18.1 Å². The second-order valence-electron chi connectivity index (χ2n) is 1.40. The number of aliphatic hydroxyl groups excluding tert-OH is 1. The summed E-state index contributed by atoms with van der Waals surface area (Å²) in [5.74, 6) is 0. The van der Waals surface area contributed by atoms with E-state index in [1.54, 1.807) is 0 Å². The normalized spacial score (nSPS) is 13.5. The van der Waals surface area contributed by atoms with E-state index in [4.69, 9.17) is 5.11 Å². The second-order valence-corrected chi connectivity index (χ2v) is 1.40. The number of halogens is 3. The molecule has 8 heavy (non-hydrogen) atoms. The summed E-state index contributed by atoms with van der Waals surface area (Å²) >= 11 is 0. The van der Waals surface area contributed by atoms with Gasteiger partial charge in [-0.3, -0.25) is 8.63 Å². The van der Waals surface area contributed by atoms with Crippen LogP contribution in [0.5, 0.6) is 0 Å². The minimum absolute atomic E-state index is 0.475. The molecule has 1 atom stereocenters. The summed E-state index contributed by atoms with van der Waals surface area (Å²) in [5, 5.41) is 7.80. The van der Waals surface area contributed by atoms with Crippen LogP contribution in [0.3, 0.4) is 0 Å². The third kappa shape index (κ3) is 5.81. The Morgan fingerprint density at radius 2 is 2.00 bits per heavy atom. The van der Waals surface area contributed by atoms with Crippen molar-refractivity contribution in [2.75, 3.05) is 0 Å². The Morgan fingerprint density at radius 1 is 1.50 bits per heavy atom. The quantitative estimate of drug-likeness (QED) is 0.561. The molecule has 0 aliphatic rings. The van der Waals surface area contributed by atoms with Crippen molar-refractivity contribution in [3.8, 4) is 0 Å². The molecule has 1 nitrogen and oxygen atoms in total. The number of alkyl halides is 1. The van der Waals surface area contributed by atoms with Gasteiger partial charge in [-0.2, -0.15) is 0 Å². The molecule has 0 saturated heterocycles. The molecule has 0 aromatic rings. The van der Waals surface area contributed by atoms with Crippen LogP contribution in [-0.2, 0) is 0 Å². The zero-order chi connectivity index (χ0) is 6.57. The SMILES string of the molecule is OC(F)CCB(F)F. The number of aliphatic hydroxyl groups is 1. The predicted octanol–water partition coefficient (Wildman–Crippen LogP) is 1.09. The van der Waals surface area contributed by atoms with Gasteiger partial charge in [-0.15, -0.1) is 0 Å². The van der Waals surface area contributed by atoms with Crippen LogP contribution in [0.2, 0.25) is 6.32 Å². The van der Waals surface area contributed by atoms with Gasteiger partial charge in [-0.1, -0.05) is 0 Å². The first-order valence-electron chi connectivity index (χ1n) is 2.23. The van der Waals surface area contributed by atoms with Crippen LogP contribution in [0.1, 0.15) is 6.42 Å². The lowest BCUT2D eigenvalue weighted by Crippen LogP contribution is -2.02. The Balaban J connectivity index is 2.93. The minimum atomic E-state index is -2.51. The molecule has 1 N–H and O–H groups in total. The van der Waals surface area contributed by atoms with Crippen molar-refractivity contribution in [2.45, 2.75) is 19.1 Å². The lowest BCUT2D eigenvalue weighted by atomic mass is 9.91. The molecule has 48 valence electrons. The summed E-state index contributed by atoms with van der Waals surface area (Å²) in [6.07, 6.45) is -3.14. The summed E-state index contributed by atoms with van der Waals surface area (Å²) < 4.78 is 33.5. The Kier molecular flexibility index (Phi) is 3.69. The van der Waals surface area contributed by atoms with Crippen molar-refractivity contribution in [1.82, 2.24) is 0 Å². The molecule has 1 unspecified atom stereocenters. The summed E-state index contributed by atoms with van der Waals surface area (Å²) in [4.78, 5) is 0. The maximum absolute atomic E-state index is 11.3. The molecular weight excluding hydrogens is 120 g/mol. The maximum Gasteiger partial charge on any atom is 0.538 e. The summed E-state index contributed by atoms with van der Waals surface area (Å²) in [5.41, 5.74) is 0. The Bertz CT molecular complexity index is 50.5. The lowest BCUT2D eigenvalue weighted by Gasteiger charge is -1.94. The van der Waals surface area contributed by atoms with Gasteiger partial charge in [0.05, 0.1) is 0 Å². The molecule has 0 radical (unpaired) electrons. The van der Waals surface area contributed by atoms with Crippen molar-refractivity contribution in [3.05, 3.63) is 0 Å². The highest BCUT2D eigenvalue weighted by atomic mass is 19.2. The van der Waals surface area contributed by atoms with Gasteiger partial charge in [-0.05, 0) is 6.32 Å². The topological polar surface area (TPSA) is 20.2 Å². The van der Waals surface area contributed by atoms with Crippen LogP contribution in [0, 0.1) is 0 Å². The molecule has 0 saturated carbocycles. The van der Waals surface area contributed by atoms with E-state index >= 15 is 0 Å². The van der Waals surface area contributed by atoms with E-state index in [0.29, 0.717) is 0 Å². The van der Waals surface area contributed by atoms with Crippen LogP contribution >= 0.6 is 0 Å². The van der Waals surface area contributed by atoms with Crippen LogP contribution in [0.15, 0.2) is 0 Å². The fourth-order valence-electron chi connectivity index (χ4n) is 0.264. The van der Waals surface area contributed by atoms with Crippen LogP contribution in [0.4, 0.5) is 13.0 Å². The monoisotopic (exact) mass is 126 g/mol. The molecule has 0 aliphatic carbocycles. The molecule has 5 heteroatoms. The largest absolute Gasteiger partial charge is 0.538 e. The molecule has 0 bridgehead atoms. The highest BCUT2D eigenvalue weighted by Crippen LogP contribution is 2.03. The van der Waals surface area contributed by atoms with Gasteiger partial charge >= 0.3 is 7.27 Å². The van der Waals surface area contributed by atoms with Gasteiger partial charge in [0.2, 0.25) is 0 Å². The van der Waals surface area contributed by atoms with Crippen LogP contribution < -0.4 is 0 Å². The van der Waals surface area contributed by atoms with E-state index in [1.165, 1.54) is 0 Å². The molecule has 0 aliphatic heterocycles. The molecule has 0 rings (SSSR count). The van der Waals surface area contributed by atoms with E-state index < -0.39 is 26.4 Å². The summed E-state index contributed by atoms with van der Waals surface area (Å²) in [7, 11) is -2.51. The number of hydrogen-bond donors (Lipinski definition) is 1. The van der Waals surface area contributed by atoms with Gasteiger partial charge in [0.25, 0.3) is 0 Å². The van der Waals surface area contributed by atoms with E-state index in [0.717, 1.165) is 0 Å². The zero-order valence-electron chi connectivity index (χ0n) is 4.15. The van der Waals surface area contributed by atoms with Crippen molar-refractivity contribution >= 4 is 7.27 Å². The molecule has 0 heterocycles. The third-order valence-electron chi connectivity index (χ3n) is 0.623. The standard InChI is InChI=1S/C3H6BF3O/c5-3(8)1-2-4(6)7/h3,8H,1-2H2. The first-order chi connectivity index (χ1) is 3.63. The summed E-state index contributed by atoms with van der Waals surface area (Å²) in [6, 6.07) is 0. The molecule has 0 fully saturated rings. The van der Waals surface area contributed by atoms with Gasteiger partial charge in [0.15, 0.2) is 6.36 Å². The molecular formula is C3H6BF3O. The lowest BCUT2D eigenvalue weighted by molar-refractivity contribution is 0.0384. The minimum Gasteiger partial charge on any atom is -0.364 e. The molecule has 0 aromatic carbocycles. The smallest absolute Gasteiger partial charge is 0.364 e. The van der Waals surface area contributed by atoms with E-state index in [9.17, 15) is 13.0 Å². The Labute approximate surface area is 45.7 Å². The highest BCUT2D eigenvalue weighted by molar-refractivity contribution is 6.42. The first kappa shape index (κ1) is 7.81. The predicted molar refractivity (Wildman–Crippen MR) is 24.5 cm³/mol. The van der Waals surface area contributed by atoms with Gasteiger partial charge < -0.3 is 5.11 Å². The Hall–Kier alpha value is -0.185. The highest BCUT2D eigenvalue weighted by Gasteiger charge is 2.13. The molecule has 0 amide bonds. The van der Waals surface area contributed by atoms with Gasteiger partial charge in [0.1, 0.15) is 0 Å². The van der Waals surface area contributed by atoms with Crippen molar-refractivity contribution in [2.24, 2.45) is 0 Å². The fraction of sp³-hybridized carbons (Fsp3) is 1.00. The van der Waals surface area contributed by atoms with Gasteiger partial charge in [0, 0.05) is 6.42 Å². The van der Waals surface area contributed by atoms with E-state index in [-0.39, 0.29) is 0 Å². The van der Waals surface area contributed by atoms with E-state index in [2.05, 4.69) is 0 Å². The van der Waals surface area contributed by atoms with Crippen molar-refractivity contribution in [3.63, 3.8) is 0 Å². The average Bonchev–Trinajstić information content (AvgIpc) is 1.61. The first-order valence-corrected chi connectivity index (χ1v) is 2.23. The van der Waals surface area contributed by atoms with Crippen molar-refractivity contribution in [1.29, 1.82) is 0 Å². The van der Waals surface area contributed by atoms with Gasteiger partial charge in [-0.25, -0.2) is 4.39 Å².